The predicted molar refractivity (Wildman–Crippen MR) is 105 cm³/mol. The lowest BCUT2D eigenvalue weighted by atomic mass is 9.90. The van der Waals surface area contributed by atoms with Crippen molar-refractivity contribution < 1.29 is 18.6 Å². The van der Waals surface area contributed by atoms with Crippen molar-refractivity contribution in [2.75, 3.05) is 21.3 Å². The van der Waals surface area contributed by atoms with Gasteiger partial charge in [0.15, 0.2) is 0 Å². The number of aryl methyl sites for hydroxylation is 1. The summed E-state index contributed by atoms with van der Waals surface area (Å²) < 4.78 is 29.5. The fourth-order valence-corrected chi connectivity index (χ4v) is 3.48. The number of methoxy groups -OCH3 is 3. The standard InChI is InChI=1S/C22H37FO3/c1-5-6-7-8-9-11-20(18-22(24-2,25-3)26-4)13-10-12-19-14-16-21(23)17-15-19/h14-17,20H,5-13,18H2,1-4H3. The molecule has 0 heterocycles. The minimum absolute atomic E-state index is 0.177. The van der Waals surface area contributed by atoms with Crippen LogP contribution in [0.4, 0.5) is 4.39 Å². The van der Waals surface area contributed by atoms with Gasteiger partial charge >= 0.3 is 0 Å². The summed E-state index contributed by atoms with van der Waals surface area (Å²) in [4.78, 5) is 0. The van der Waals surface area contributed by atoms with Crippen LogP contribution in [-0.4, -0.2) is 27.3 Å². The molecule has 4 heteroatoms. The molecule has 0 amide bonds. The summed E-state index contributed by atoms with van der Waals surface area (Å²) in [7, 11) is 4.89. The van der Waals surface area contributed by atoms with Gasteiger partial charge in [-0.3, -0.25) is 0 Å². The highest BCUT2D eigenvalue weighted by molar-refractivity contribution is 5.15. The summed E-state index contributed by atoms with van der Waals surface area (Å²) in [6.45, 7) is 2.24. The number of ether oxygens (including phenoxy) is 3. The first-order valence-electron chi connectivity index (χ1n) is 9.99. The van der Waals surface area contributed by atoms with Crippen LogP contribution >= 0.6 is 0 Å². The number of benzene rings is 1. The number of hydrogen-bond acceptors (Lipinski definition) is 3. The van der Waals surface area contributed by atoms with E-state index in [9.17, 15) is 4.39 Å². The molecule has 0 N–H and O–H groups in total. The Morgan fingerprint density at radius 1 is 0.846 bits per heavy atom. The van der Waals surface area contributed by atoms with Crippen LogP contribution in [0, 0.1) is 11.7 Å². The molecular formula is C22H37FO3. The minimum atomic E-state index is -0.954. The largest absolute Gasteiger partial charge is 0.331 e. The van der Waals surface area contributed by atoms with E-state index >= 15 is 0 Å². The number of halogens is 1. The molecule has 150 valence electrons. The van der Waals surface area contributed by atoms with E-state index in [1.54, 1.807) is 21.3 Å². The molecule has 0 saturated heterocycles. The van der Waals surface area contributed by atoms with Gasteiger partial charge in [-0.05, 0) is 42.9 Å². The third-order valence-electron chi connectivity index (χ3n) is 5.18. The second kappa shape index (κ2) is 13.2. The Kier molecular flexibility index (Phi) is 11.7. The molecule has 0 radical (unpaired) electrons. The Morgan fingerprint density at radius 3 is 2.00 bits per heavy atom. The lowest BCUT2D eigenvalue weighted by Crippen LogP contribution is -2.38. The van der Waals surface area contributed by atoms with Crippen molar-refractivity contribution in [3.63, 3.8) is 0 Å². The van der Waals surface area contributed by atoms with Crippen molar-refractivity contribution in [1.29, 1.82) is 0 Å². The molecule has 1 aromatic carbocycles. The van der Waals surface area contributed by atoms with Crippen LogP contribution in [0.15, 0.2) is 24.3 Å². The van der Waals surface area contributed by atoms with Gasteiger partial charge in [0, 0.05) is 27.8 Å². The van der Waals surface area contributed by atoms with E-state index in [-0.39, 0.29) is 5.82 Å². The van der Waals surface area contributed by atoms with E-state index in [1.165, 1.54) is 49.8 Å². The van der Waals surface area contributed by atoms with E-state index in [4.69, 9.17) is 14.2 Å². The monoisotopic (exact) mass is 368 g/mol. The second-order valence-corrected chi connectivity index (χ2v) is 7.09. The fourth-order valence-electron chi connectivity index (χ4n) is 3.48. The smallest absolute Gasteiger partial charge is 0.282 e. The Balaban J connectivity index is 2.53. The molecule has 0 spiro atoms. The maximum Gasteiger partial charge on any atom is 0.282 e. The molecule has 0 aliphatic rings. The van der Waals surface area contributed by atoms with Crippen molar-refractivity contribution >= 4 is 0 Å². The van der Waals surface area contributed by atoms with Gasteiger partial charge in [-0.1, -0.05) is 57.6 Å². The zero-order chi connectivity index (χ0) is 19.3. The highest BCUT2D eigenvalue weighted by atomic mass is 19.1. The van der Waals surface area contributed by atoms with Gasteiger partial charge in [-0.15, -0.1) is 0 Å². The molecule has 0 bridgehead atoms. The topological polar surface area (TPSA) is 27.7 Å². The first-order valence-corrected chi connectivity index (χ1v) is 9.99. The van der Waals surface area contributed by atoms with Crippen LogP contribution in [0.1, 0.15) is 70.3 Å². The van der Waals surface area contributed by atoms with Crippen molar-refractivity contribution in [3.05, 3.63) is 35.6 Å². The molecule has 3 nitrogen and oxygen atoms in total. The second-order valence-electron chi connectivity index (χ2n) is 7.09. The zero-order valence-corrected chi connectivity index (χ0v) is 17.1. The van der Waals surface area contributed by atoms with Gasteiger partial charge in [-0.25, -0.2) is 4.39 Å². The highest BCUT2D eigenvalue weighted by Crippen LogP contribution is 2.30. The third-order valence-corrected chi connectivity index (χ3v) is 5.18. The van der Waals surface area contributed by atoms with Crippen LogP contribution in [0.25, 0.3) is 0 Å². The average Bonchev–Trinajstić information content (AvgIpc) is 2.67. The molecule has 0 aliphatic carbocycles. The molecule has 0 aromatic heterocycles. The van der Waals surface area contributed by atoms with Crippen LogP contribution in [0.3, 0.4) is 0 Å². The van der Waals surface area contributed by atoms with Crippen LogP contribution < -0.4 is 0 Å². The molecule has 1 aromatic rings. The summed E-state index contributed by atoms with van der Waals surface area (Å²) >= 11 is 0. The fraction of sp³-hybridized carbons (Fsp3) is 0.727. The normalized spacial score (nSPS) is 13.1. The molecule has 0 fully saturated rings. The Labute approximate surface area is 159 Å². The van der Waals surface area contributed by atoms with Crippen molar-refractivity contribution in [1.82, 2.24) is 0 Å². The number of unbranched alkanes of at least 4 members (excludes halogenated alkanes) is 4. The summed E-state index contributed by atoms with van der Waals surface area (Å²) in [6.07, 6.45) is 11.4. The van der Waals surface area contributed by atoms with Crippen LogP contribution in [-0.2, 0) is 20.6 Å². The van der Waals surface area contributed by atoms with Crippen molar-refractivity contribution in [2.24, 2.45) is 5.92 Å². The lowest BCUT2D eigenvalue weighted by Gasteiger charge is -2.32. The molecular weight excluding hydrogens is 331 g/mol. The maximum atomic E-state index is 13.0. The summed E-state index contributed by atoms with van der Waals surface area (Å²) in [5.41, 5.74) is 1.18. The highest BCUT2D eigenvalue weighted by Gasteiger charge is 2.32. The van der Waals surface area contributed by atoms with E-state index < -0.39 is 5.97 Å². The van der Waals surface area contributed by atoms with Crippen LogP contribution in [0.5, 0.6) is 0 Å². The third kappa shape index (κ3) is 8.61. The first kappa shape index (κ1) is 23.1. The van der Waals surface area contributed by atoms with Gasteiger partial charge < -0.3 is 14.2 Å². The molecule has 1 rings (SSSR count). The summed E-state index contributed by atoms with van der Waals surface area (Å²) in [6, 6.07) is 6.82. The van der Waals surface area contributed by atoms with E-state index in [0.29, 0.717) is 5.92 Å². The van der Waals surface area contributed by atoms with Crippen molar-refractivity contribution in [3.8, 4) is 0 Å². The number of hydrogen-bond donors (Lipinski definition) is 0. The molecule has 0 saturated carbocycles. The molecule has 1 unspecified atom stereocenters. The Morgan fingerprint density at radius 2 is 1.42 bits per heavy atom. The Hall–Kier alpha value is -0.970. The van der Waals surface area contributed by atoms with Gasteiger partial charge in [0.05, 0.1) is 0 Å². The van der Waals surface area contributed by atoms with E-state index in [0.717, 1.165) is 32.1 Å². The van der Waals surface area contributed by atoms with Gasteiger partial charge in [-0.2, -0.15) is 0 Å². The quantitative estimate of drug-likeness (QED) is 0.276. The number of rotatable bonds is 15. The SMILES string of the molecule is CCCCCCCC(CCCc1ccc(F)cc1)CC(OC)(OC)OC. The summed E-state index contributed by atoms with van der Waals surface area (Å²) in [5, 5.41) is 0. The van der Waals surface area contributed by atoms with Crippen LogP contribution in [0.2, 0.25) is 0 Å². The summed E-state index contributed by atoms with van der Waals surface area (Å²) in [5.74, 6) is -0.648. The average molecular weight is 369 g/mol. The molecule has 0 aliphatic heterocycles. The van der Waals surface area contributed by atoms with Gasteiger partial charge in [0.25, 0.3) is 5.97 Å². The first-order chi connectivity index (χ1) is 12.6. The Bertz CT molecular complexity index is 449. The predicted octanol–water partition coefficient (Wildman–Crippen LogP) is 6.11. The molecule has 1 atom stereocenters. The van der Waals surface area contributed by atoms with E-state index in [1.807, 2.05) is 12.1 Å². The van der Waals surface area contributed by atoms with Crippen molar-refractivity contribution in [2.45, 2.75) is 77.1 Å². The molecule has 26 heavy (non-hydrogen) atoms. The van der Waals surface area contributed by atoms with E-state index in [2.05, 4.69) is 6.92 Å². The maximum absolute atomic E-state index is 13.0. The van der Waals surface area contributed by atoms with Gasteiger partial charge in [0.1, 0.15) is 5.82 Å². The lowest BCUT2D eigenvalue weighted by molar-refractivity contribution is -0.359. The zero-order valence-electron chi connectivity index (χ0n) is 17.1. The minimum Gasteiger partial charge on any atom is -0.331 e. The van der Waals surface area contributed by atoms with Gasteiger partial charge in [0.2, 0.25) is 0 Å².